The molecule has 4 aromatic carbocycles. The van der Waals surface area contributed by atoms with Gasteiger partial charge in [-0.15, -0.1) is 11.3 Å². The minimum absolute atomic E-state index is 0.291. The van der Waals surface area contributed by atoms with E-state index in [4.69, 9.17) is 4.74 Å². The van der Waals surface area contributed by atoms with Crippen molar-refractivity contribution in [2.75, 3.05) is 7.11 Å². The van der Waals surface area contributed by atoms with Gasteiger partial charge in [0.2, 0.25) is 0 Å². The number of hydrogen-bond acceptors (Lipinski definition) is 3. The van der Waals surface area contributed by atoms with Gasteiger partial charge in [0.25, 0.3) is 0 Å². The zero-order valence-corrected chi connectivity index (χ0v) is 15.0. The molecule has 0 amide bonds. The lowest BCUT2D eigenvalue weighted by Crippen LogP contribution is -1.90. The molecule has 0 unspecified atom stereocenters. The third-order valence-electron chi connectivity index (χ3n) is 4.87. The van der Waals surface area contributed by atoms with E-state index < -0.39 is 0 Å². The van der Waals surface area contributed by atoms with Crippen LogP contribution in [0.5, 0.6) is 11.5 Å². The smallest absolute Gasteiger partial charge is 0.144 e. The lowest BCUT2D eigenvalue weighted by Gasteiger charge is -2.15. The fourth-order valence-electron chi connectivity index (χ4n) is 3.78. The molecule has 1 aromatic heterocycles. The highest BCUT2D eigenvalue weighted by molar-refractivity contribution is 7.26. The molecule has 0 bridgehead atoms. The first kappa shape index (κ1) is 15.2. The van der Waals surface area contributed by atoms with Gasteiger partial charge in [0, 0.05) is 32.0 Å². The molecule has 0 atom stereocenters. The average Bonchev–Trinajstić information content (AvgIpc) is 3.06. The maximum Gasteiger partial charge on any atom is 0.144 e. The first-order valence-electron chi connectivity index (χ1n) is 8.48. The predicted octanol–water partition coefficient (Wildman–Crippen LogP) is 6.59. The molecule has 5 aromatic rings. The highest BCUT2D eigenvalue weighted by Gasteiger charge is 2.21. The minimum Gasteiger partial charge on any atom is -0.507 e. The highest BCUT2D eigenvalue weighted by atomic mass is 32.1. The van der Waals surface area contributed by atoms with E-state index in [2.05, 4.69) is 36.4 Å². The second-order valence-electron chi connectivity index (χ2n) is 6.27. The molecule has 1 N–H and O–H groups in total. The van der Waals surface area contributed by atoms with Gasteiger partial charge >= 0.3 is 0 Å². The van der Waals surface area contributed by atoms with E-state index in [-0.39, 0.29) is 0 Å². The Morgan fingerprint density at radius 3 is 2.19 bits per heavy atom. The van der Waals surface area contributed by atoms with Crippen molar-refractivity contribution in [1.29, 1.82) is 0 Å². The Hall–Kier alpha value is -3.04. The lowest BCUT2D eigenvalue weighted by atomic mass is 9.92. The summed E-state index contributed by atoms with van der Waals surface area (Å²) in [7, 11) is 1.73. The van der Waals surface area contributed by atoms with Gasteiger partial charge in [-0.25, -0.2) is 0 Å². The Morgan fingerprint density at radius 2 is 1.42 bits per heavy atom. The van der Waals surface area contributed by atoms with Gasteiger partial charge in [0.15, 0.2) is 0 Å². The Balaban J connectivity index is 2.13. The van der Waals surface area contributed by atoms with Gasteiger partial charge in [-0.05, 0) is 17.5 Å². The van der Waals surface area contributed by atoms with Crippen LogP contribution in [0.1, 0.15) is 0 Å². The zero-order chi connectivity index (χ0) is 17.7. The number of rotatable bonds is 2. The minimum atomic E-state index is 0.291. The number of thiophene rings is 1. The molecule has 2 nitrogen and oxygen atoms in total. The molecule has 0 saturated heterocycles. The lowest BCUT2D eigenvalue weighted by molar-refractivity contribution is 0.425. The standard InChI is InChI=1S/C23H16O2S/c1-25-22-15-9-3-2-8-14(15)20(16-10-4-6-12-18(16)24)21-17-11-5-7-13-19(17)26-23(21)22/h2-13,24H,1H3. The van der Waals surface area contributed by atoms with E-state index in [0.29, 0.717) is 5.75 Å². The van der Waals surface area contributed by atoms with E-state index in [1.807, 2.05) is 30.3 Å². The summed E-state index contributed by atoms with van der Waals surface area (Å²) >= 11 is 1.74. The van der Waals surface area contributed by atoms with Crippen molar-refractivity contribution < 1.29 is 9.84 Å². The predicted molar refractivity (Wildman–Crippen MR) is 110 cm³/mol. The molecule has 0 aliphatic heterocycles. The summed E-state index contributed by atoms with van der Waals surface area (Å²) in [6.07, 6.45) is 0. The Labute approximate surface area is 154 Å². The summed E-state index contributed by atoms with van der Waals surface area (Å²) in [6, 6.07) is 24.2. The van der Waals surface area contributed by atoms with Gasteiger partial charge in [-0.2, -0.15) is 0 Å². The fraction of sp³-hybridized carbons (Fsp3) is 0.0435. The maximum atomic E-state index is 10.6. The largest absolute Gasteiger partial charge is 0.507 e. The summed E-state index contributed by atoms with van der Waals surface area (Å²) in [5, 5.41) is 15.1. The Morgan fingerprint density at radius 1 is 0.769 bits per heavy atom. The summed E-state index contributed by atoms with van der Waals surface area (Å²) in [5.41, 5.74) is 1.91. The zero-order valence-electron chi connectivity index (χ0n) is 14.2. The summed E-state index contributed by atoms with van der Waals surface area (Å²) in [4.78, 5) is 0. The molecule has 26 heavy (non-hydrogen) atoms. The fourth-order valence-corrected chi connectivity index (χ4v) is 5.02. The van der Waals surface area contributed by atoms with Crippen LogP contribution < -0.4 is 4.74 Å². The quantitative estimate of drug-likeness (QED) is 0.387. The molecular formula is C23H16O2S. The van der Waals surface area contributed by atoms with Crippen LogP contribution in [-0.4, -0.2) is 12.2 Å². The van der Waals surface area contributed by atoms with E-state index in [0.717, 1.165) is 37.7 Å². The maximum absolute atomic E-state index is 10.6. The number of ether oxygens (including phenoxy) is 1. The second kappa shape index (κ2) is 5.75. The molecule has 1 heterocycles. The number of fused-ring (bicyclic) bond motifs is 4. The number of benzene rings is 4. The normalized spacial score (nSPS) is 11.4. The number of methoxy groups -OCH3 is 1. The second-order valence-corrected chi connectivity index (χ2v) is 7.33. The van der Waals surface area contributed by atoms with Crippen molar-refractivity contribution in [2.24, 2.45) is 0 Å². The van der Waals surface area contributed by atoms with E-state index >= 15 is 0 Å². The number of phenolic OH excluding ortho intramolecular Hbond substituents is 1. The molecule has 0 saturated carbocycles. The van der Waals surface area contributed by atoms with Crippen molar-refractivity contribution in [3.8, 4) is 22.6 Å². The van der Waals surface area contributed by atoms with E-state index in [1.165, 1.54) is 10.1 Å². The van der Waals surface area contributed by atoms with Crippen molar-refractivity contribution in [3.05, 3.63) is 72.8 Å². The van der Waals surface area contributed by atoms with E-state index in [1.54, 1.807) is 24.5 Å². The Bertz CT molecular complexity index is 1280. The van der Waals surface area contributed by atoms with E-state index in [9.17, 15) is 5.11 Å². The molecule has 0 radical (unpaired) electrons. The van der Waals surface area contributed by atoms with Gasteiger partial charge < -0.3 is 9.84 Å². The van der Waals surface area contributed by atoms with Crippen LogP contribution in [0, 0.1) is 0 Å². The van der Waals surface area contributed by atoms with Crippen LogP contribution in [0.25, 0.3) is 42.1 Å². The van der Waals surface area contributed by atoms with Crippen LogP contribution in [0.15, 0.2) is 72.8 Å². The molecule has 126 valence electrons. The highest BCUT2D eigenvalue weighted by Crippen LogP contribution is 2.50. The summed E-state index contributed by atoms with van der Waals surface area (Å²) in [6.45, 7) is 0. The third kappa shape index (κ3) is 2.04. The van der Waals surface area contributed by atoms with Crippen LogP contribution in [0.4, 0.5) is 0 Å². The first-order chi connectivity index (χ1) is 12.8. The third-order valence-corrected chi connectivity index (χ3v) is 6.04. The summed E-state index contributed by atoms with van der Waals surface area (Å²) < 4.78 is 8.17. The van der Waals surface area contributed by atoms with Crippen LogP contribution >= 0.6 is 11.3 Å². The van der Waals surface area contributed by atoms with Crippen molar-refractivity contribution >= 4 is 42.3 Å². The molecule has 0 fully saturated rings. The molecule has 3 heteroatoms. The van der Waals surface area contributed by atoms with Crippen LogP contribution in [0.2, 0.25) is 0 Å². The number of para-hydroxylation sites is 1. The molecule has 0 aliphatic carbocycles. The topological polar surface area (TPSA) is 29.5 Å². The number of phenols is 1. The number of aromatic hydroxyl groups is 1. The monoisotopic (exact) mass is 356 g/mol. The van der Waals surface area contributed by atoms with Crippen LogP contribution in [0.3, 0.4) is 0 Å². The SMILES string of the molecule is COc1c2ccccc2c(-c2ccccc2O)c2c1sc1ccccc12. The molecule has 5 rings (SSSR count). The van der Waals surface area contributed by atoms with Crippen LogP contribution in [-0.2, 0) is 0 Å². The van der Waals surface area contributed by atoms with Gasteiger partial charge in [0.05, 0.1) is 11.8 Å². The summed E-state index contributed by atoms with van der Waals surface area (Å²) in [5.74, 6) is 1.19. The number of hydrogen-bond donors (Lipinski definition) is 1. The van der Waals surface area contributed by atoms with Crippen molar-refractivity contribution in [2.45, 2.75) is 0 Å². The van der Waals surface area contributed by atoms with Gasteiger partial charge in [-0.1, -0.05) is 60.7 Å². The van der Waals surface area contributed by atoms with Gasteiger partial charge in [0.1, 0.15) is 11.5 Å². The molecule has 0 aliphatic rings. The molecular weight excluding hydrogens is 340 g/mol. The molecule has 0 spiro atoms. The van der Waals surface area contributed by atoms with Gasteiger partial charge in [-0.3, -0.25) is 0 Å². The Kier molecular flexibility index (Phi) is 3.37. The van der Waals surface area contributed by atoms with Crippen molar-refractivity contribution in [3.63, 3.8) is 0 Å². The average molecular weight is 356 g/mol. The first-order valence-corrected chi connectivity index (χ1v) is 9.29. The van der Waals surface area contributed by atoms with Crippen molar-refractivity contribution in [1.82, 2.24) is 0 Å².